The summed E-state index contributed by atoms with van der Waals surface area (Å²) in [5.74, 6) is 0.613. The van der Waals surface area contributed by atoms with Gasteiger partial charge in [-0.1, -0.05) is 12.1 Å². The van der Waals surface area contributed by atoms with E-state index in [9.17, 15) is 8.42 Å². The molecule has 25 heavy (non-hydrogen) atoms. The lowest BCUT2D eigenvalue weighted by molar-refractivity contribution is 0.311. The zero-order valence-electron chi connectivity index (χ0n) is 13.2. The predicted octanol–water partition coefficient (Wildman–Crippen LogP) is -1.08. The highest BCUT2D eigenvalue weighted by Crippen LogP contribution is 2.32. The Labute approximate surface area is 144 Å². The Morgan fingerprint density at radius 1 is 1.20 bits per heavy atom. The maximum atomic E-state index is 12.0. The molecule has 1 aromatic carbocycles. The van der Waals surface area contributed by atoms with Crippen molar-refractivity contribution < 1.29 is 13.5 Å². The fourth-order valence-corrected chi connectivity index (χ4v) is 3.38. The van der Waals surface area contributed by atoms with E-state index < -0.39 is 16.2 Å². The van der Waals surface area contributed by atoms with Gasteiger partial charge in [-0.05, 0) is 23.8 Å². The number of benzene rings is 1. The molecule has 0 aliphatic carbocycles. The first-order valence-electron chi connectivity index (χ1n) is 7.48. The molecule has 0 atom stereocenters. The van der Waals surface area contributed by atoms with Gasteiger partial charge in [-0.15, -0.1) is 0 Å². The standard InChI is InChI=1S/C14H19N7O3S/c15-25(23,24)11-3-1-2-10(13(11)14-18-20-21-19-14)9-4-5-12(17-8-9)16-6-7-22/h1-5,8,14,18-22H,6-7H2,(H,16,17)(H2,15,23,24). The van der Waals surface area contributed by atoms with Crippen LogP contribution in [-0.2, 0) is 10.0 Å². The zero-order chi connectivity index (χ0) is 17.9. The summed E-state index contributed by atoms with van der Waals surface area (Å²) in [6.07, 6.45) is 1.11. The normalized spacial score (nSPS) is 15.4. The minimum Gasteiger partial charge on any atom is -0.395 e. The van der Waals surface area contributed by atoms with Gasteiger partial charge < -0.3 is 10.4 Å². The number of hydrogen-bond donors (Lipinski definition) is 7. The third kappa shape index (κ3) is 3.93. The lowest BCUT2D eigenvalue weighted by Crippen LogP contribution is -2.33. The Hall–Kier alpha value is -2.12. The summed E-state index contributed by atoms with van der Waals surface area (Å²) in [6.45, 7) is 0.398. The van der Waals surface area contributed by atoms with Gasteiger partial charge in [0.1, 0.15) is 12.0 Å². The monoisotopic (exact) mass is 365 g/mol. The van der Waals surface area contributed by atoms with Crippen LogP contribution in [0.2, 0.25) is 0 Å². The molecule has 10 nitrogen and oxygen atoms in total. The molecule has 1 aromatic heterocycles. The Balaban J connectivity index is 2.06. The van der Waals surface area contributed by atoms with Crippen LogP contribution in [0, 0.1) is 0 Å². The number of rotatable bonds is 6. The molecule has 2 heterocycles. The SMILES string of the molecule is NS(=O)(=O)c1cccc(-c2ccc(NCCO)nc2)c1C1NNNN1. The van der Waals surface area contributed by atoms with Gasteiger partial charge in [-0.3, -0.25) is 0 Å². The van der Waals surface area contributed by atoms with E-state index in [0.29, 0.717) is 23.5 Å². The van der Waals surface area contributed by atoms with E-state index in [-0.39, 0.29) is 11.5 Å². The molecule has 8 N–H and O–H groups in total. The van der Waals surface area contributed by atoms with Crippen molar-refractivity contribution in [2.75, 3.05) is 18.5 Å². The minimum atomic E-state index is -3.92. The molecule has 1 aliphatic heterocycles. The maximum Gasteiger partial charge on any atom is 0.238 e. The fourth-order valence-electron chi connectivity index (χ4n) is 2.58. The minimum absolute atomic E-state index is 0.00298. The molecule has 11 heteroatoms. The number of hydrazine groups is 3. The number of anilines is 1. The van der Waals surface area contributed by atoms with Crippen LogP contribution >= 0.6 is 0 Å². The molecule has 0 saturated carbocycles. The molecule has 0 bridgehead atoms. The highest BCUT2D eigenvalue weighted by Gasteiger charge is 2.26. The van der Waals surface area contributed by atoms with Crippen molar-refractivity contribution >= 4 is 15.8 Å². The summed E-state index contributed by atoms with van der Waals surface area (Å²) in [5, 5.41) is 17.2. The van der Waals surface area contributed by atoms with Gasteiger partial charge in [0.25, 0.3) is 0 Å². The molecule has 1 fully saturated rings. The first-order chi connectivity index (χ1) is 12.0. The van der Waals surface area contributed by atoms with Crippen LogP contribution in [0.1, 0.15) is 11.7 Å². The molecule has 1 saturated heterocycles. The third-order valence-electron chi connectivity index (χ3n) is 3.65. The number of nitrogens with two attached hydrogens (primary N) is 1. The van der Waals surface area contributed by atoms with Gasteiger partial charge in [0.15, 0.2) is 0 Å². The van der Waals surface area contributed by atoms with E-state index in [1.807, 2.05) is 6.07 Å². The van der Waals surface area contributed by atoms with E-state index in [0.717, 1.165) is 5.56 Å². The van der Waals surface area contributed by atoms with Gasteiger partial charge in [-0.2, -0.15) is 11.1 Å². The van der Waals surface area contributed by atoms with Gasteiger partial charge >= 0.3 is 0 Å². The highest BCUT2D eigenvalue weighted by molar-refractivity contribution is 7.89. The number of sulfonamides is 1. The van der Waals surface area contributed by atoms with Crippen LogP contribution in [-0.4, -0.2) is 31.7 Å². The van der Waals surface area contributed by atoms with Crippen molar-refractivity contribution in [1.82, 2.24) is 26.9 Å². The van der Waals surface area contributed by atoms with Crippen LogP contribution in [0.4, 0.5) is 5.82 Å². The zero-order valence-corrected chi connectivity index (χ0v) is 14.0. The van der Waals surface area contributed by atoms with E-state index in [4.69, 9.17) is 10.2 Å². The third-order valence-corrected chi connectivity index (χ3v) is 4.62. The Morgan fingerprint density at radius 2 is 1.96 bits per heavy atom. The molecule has 134 valence electrons. The van der Waals surface area contributed by atoms with Gasteiger partial charge in [0, 0.05) is 23.9 Å². The van der Waals surface area contributed by atoms with Crippen LogP contribution in [0.3, 0.4) is 0 Å². The topological polar surface area (TPSA) is 153 Å². The van der Waals surface area contributed by atoms with Gasteiger partial charge in [-0.25, -0.2) is 29.4 Å². The average Bonchev–Trinajstić information content (AvgIpc) is 3.13. The Kier molecular flexibility index (Phi) is 5.24. The quantitative estimate of drug-likeness (QED) is 0.338. The van der Waals surface area contributed by atoms with Crippen molar-refractivity contribution in [2.45, 2.75) is 11.1 Å². The Morgan fingerprint density at radius 3 is 2.56 bits per heavy atom. The smallest absolute Gasteiger partial charge is 0.238 e. The Bertz CT molecular complexity index is 836. The highest BCUT2D eigenvalue weighted by atomic mass is 32.2. The summed E-state index contributed by atoms with van der Waals surface area (Å²) in [5.41, 5.74) is 13.0. The largest absolute Gasteiger partial charge is 0.395 e. The summed E-state index contributed by atoms with van der Waals surface area (Å²) in [6, 6.07) is 8.45. The van der Waals surface area contributed by atoms with Crippen LogP contribution in [0.15, 0.2) is 41.4 Å². The second kappa shape index (κ2) is 7.41. The summed E-state index contributed by atoms with van der Waals surface area (Å²) < 4.78 is 24.0. The summed E-state index contributed by atoms with van der Waals surface area (Å²) >= 11 is 0. The predicted molar refractivity (Wildman–Crippen MR) is 91.9 cm³/mol. The number of nitrogens with zero attached hydrogens (tertiary/aromatic N) is 1. The lowest BCUT2D eigenvalue weighted by Gasteiger charge is -2.18. The number of primary sulfonamides is 1. The van der Waals surface area contributed by atoms with Crippen LogP contribution < -0.4 is 32.4 Å². The van der Waals surface area contributed by atoms with E-state index in [1.165, 1.54) is 6.07 Å². The van der Waals surface area contributed by atoms with Crippen molar-refractivity contribution in [1.29, 1.82) is 0 Å². The first kappa shape index (κ1) is 17.7. The lowest BCUT2D eigenvalue weighted by atomic mass is 9.99. The van der Waals surface area contributed by atoms with Gasteiger partial charge in [0.2, 0.25) is 10.0 Å². The summed E-state index contributed by atoms with van der Waals surface area (Å²) in [7, 11) is -3.92. The average molecular weight is 365 g/mol. The summed E-state index contributed by atoms with van der Waals surface area (Å²) in [4.78, 5) is 4.29. The molecule has 3 rings (SSSR count). The van der Waals surface area contributed by atoms with Crippen molar-refractivity contribution in [2.24, 2.45) is 5.14 Å². The number of aromatic nitrogens is 1. The molecule has 0 unspecified atom stereocenters. The van der Waals surface area contributed by atoms with Crippen molar-refractivity contribution in [3.05, 3.63) is 42.1 Å². The maximum absolute atomic E-state index is 12.0. The van der Waals surface area contributed by atoms with Crippen LogP contribution in [0.25, 0.3) is 11.1 Å². The molecule has 0 spiro atoms. The number of hydrogen-bond acceptors (Lipinski definition) is 9. The van der Waals surface area contributed by atoms with E-state index in [2.05, 4.69) is 32.2 Å². The molecular formula is C14H19N7O3S. The fraction of sp³-hybridized carbons (Fsp3) is 0.214. The number of nitrogens with one attached hydrogen (secondary N) is 5. The molecular weight excluding hydrogens is 346 g/mol. The van der Waals surface area contributed by atoms with Crippen molar-refractivity contribution in [3.63, 3.8) is 0 Å². The molecule has 0 amide bonds. The molecule has 1 aliphatic rings. The van der Waals surface area contributed by atoms with E-state index in [1.54, 1.807) is 24.4 Å². The van der Waals surface area contributed by atoms with E-state index >= 15 is 0 Å². The number of aliphatic hydroxyl groups is 1. The van der Waals surface area contributed by atoms with Gasteiger partial charge in [0.05, 0.1) is 11.5 Å². The van der Waals surface area contributed by atoms with Crippen molar-refractivity contribution in [3.8, 4) is 11.1 Å². The first-order valence-corrected chi connectivity index (χ1v) is 9.03. The molecule has 2 aromatic rings. The number of pyridine rings is 1. The van der Waals surface area contributed by atoms with Crippen LogP contribution in [0.5, 0.6) is 0 Å². The molecule has 0 radical (unpaired) electrons. The second-order valence-electron chi connectivity index (χ2n) is 5.32. The second-order valence-corrected chi connectivity index (χ2v) is 6.85. The number of aliphatic hydroxyl groups excluding tert-OH is 1.